The summed E-state index contributed by atoms with van der Waals surface area (Å²) in [5.41, 5.74) is 3.76. The Labute approximate surface area is 286 Å². The van der Waals surface area contributed by atoms with Crippen molar-refractivity contribution in [3.05, 3.63) is 103 Å². The molecule has 11 nitrogen and oxygen atoms in total. The Balaban J connectivity index is 1.51. The van der Waals surface area contributed by atoms with Gasteiger partial charge in [-0.05, 0) is 76.6 Å². The number of benzene rings is 4. The van der Waals surface area contributed by atoms with Crippen molar-refractivity contribution in [2.45, 2.75) is 0 Å². The van der Waals surface area contributed by atoms with Gasteiger partial charge < -0.3 is 29.0 Å². The molecule has 0 saturated heterocycles. The minimum atomic E-state index is -0.713. The number of hydrogen-bond donors (Lipinski definition) is 2. The first-order valence-electron chi connectivity index (χ1n) is 13.2. The highest BCUT2D eigenvalue weighted by molar-refractivity contribution is 9.11. The van der Waals surface area contributed by atoms with E-state index in [1.54, 1.807) is 42.5 Å². The van der Waals surface area contributed by atoms with E-state index in [0.717, 1.165) is 0 Å². The maximum atomic E-state index is 13.2. The van der Waals surface area contributed by atoms with Crippen LogP contribution in [0.4, 0.5) is 5.69 Å². The van der Waals surface area contributed by atoms with Crippen LogP contribution >= 0.6 is 43.5 Å². The Morgan fingerprint density at radius 3 is 2.11 bits per heavy atom. The van der Waals surface area contributed by atoms with Crippen molar-refractivity contribution in [1.82, 2.24) is 5.43 Å². The highest BCUT2D eigenvalue weighted by atomic mass is 79.9. The van der Waals surface area contributed by atoms with Gasteiger partial charge in [-0.25, -0.2) is 10.2 Å². The number of esters is 1. The average molecular weight is 776 g/mol. The fraction of sp³-hybridized carbons (Fsp3) is 0.125. The molecule has 0 aliphatic carbocycles. The number of nitrogens with one attached hydrogen (secondary N) is 2. The van der Waals surface area contributed by atoms with Crippen molar-refractivity contribution in [3.8, 4) is 28.7 Å². The summed E-state index contributed by atoms with van der Waals surface area (Å²) >= 11 is 12.9. The van der Waals surface area contributed by atoms with Crippen LogP contribution in [0.1, 0.15) is 36.6 Å². The molecule has 2 N–H and O–H groups in total. The lowest BCUT2D eigenvalue weighted by atomic mass is 10.1. The highest BCUT2D eigenvalue weighted by Crippen LogP contribution is 2.39. The largest absolute Gasteiger partial charge is 0.496 e. The SMILES string of the molecule is COc1ccc(Cl)cc1C(=O)Nc1cccc(C(=O)NN=Cc2cc(Br)cc(Br)c2OC(=O)c2cc(OC)c(OC)c(OC)c2)c1. The smallest absolute Gasteiger partial charge is 0.343 e. The Morgan fingerprint density at radius 1 is 0.761 bits per heavy atom. The van der Waals surface area contributed by atoms with Crippen LogP contribution in [0, 0.1) is 0 Å². The van der Waals surface area contributed by atoms with Crippen molar-refractivity contribution in [2.75, 3.05) is 33.8 Å². The van der Waals surface area contributed by atoms with E-state index < -0.39 is 17.8 Å². The minimum absolute atomic E-state index is 0.140. The van der Waals surface area contributed by atoms with E-state index in [9.17, 15) is 14.4 Å². The van der Waals surface area contributed by atoms with Gasteiger partial charge in [0.2, 0.25) is 5.75 Å². The maximum absolute atomic E-state index is 13.2. The van der Waals surface area contributed by atoms with Gasteiger partial charge in [0.25, 0.3) is 11.8 Å². The van der Waals surface area contributed by atoms with E-state index in [0.29, 0.717) is 36.7 Å². The Kier molecular flexibility index (Phi) is 11.6. The van der Waals surface area contributed by atoms with Gasteiger partial charge >= 0.3 is 5.97 Å². The van der Waals surface area contributed by atoms with Crippen LogP contribution in [-0.4, -0.2) is 52.4 Å². The molecule has 2 amide bonds. The third-order valence-electron chi connectivity index (χ3n) is 6.29. The molecular formula is C32H26Br2ClN3O8. The molecule has 0 spiro atoms. The molecule has 0 atom stereocenters. The van der Waals surface area contributed by atoms with Gasteiger partial charge in [0.05, 0.1) is 50.3 Å². The first-order valence-corrected chi connectivity index (χ1v) is 15.1. The van der Waals surface area contributed by atoms with Crippen LogP contribution in [-0.2, 0) is 0 Å². The lowest BCUT2D eigenvalue weighted by Gasteiger charge is -2.15. The number of carbonyl (C=O) groups excluding carboxylic acids is 3. The molecule has 238 valence electrons. The van der Waals surface area contributed by atoms with E-state index in [2.05, 4.69) is 47.7 Å². The van der Waals surface area contributed by atoms with Crippen LogP contribution in [0.25, 0.3) is 0 Å². The molecule has 4 rings (SSSR count). The molecule has 0 aliphatic heterocycles. The van der Waals surface area contributed by atoms with Crippen LogP contribution in [0.5, 0.6) is 28.7 Å². The first-order chi connectivity index (χ1) is 22.1. The summed E-state index contributed by atoms with van der Waals surface area (Å²) in [6.45, 7) is 0. The third kappa shape index (κ3) is 8.16. The predicted octanol–water partition coefficient (Wildman–Crippen LogP) is 7.13. The molecule has 4 aromatic rings. The second-order valence-electron chi connectivity index (χ2n) is 9.19. The fourth-order valence-electron chi connectivity index (χ4n) is 4.15. The number of halogens is 3. The van der Waals surface area contributed by atoms with E-state index in [1.165, 1.54) is 58.9 Å². The molecule has 0 radical (unpaired) electrons. The maximum Gasteiger partial charge on any atom is 0.343 e. The number of hydrazone groups is 1. The molecule has 0 heterocycles. The molecular weight excluding hydrogens is 750 g/mol. The molecule has 14 heteroatoms. The second kappa shape index (κ2) is 15.6. The number of amides is 2. The number of nitrogens with zero attached hydrogens (tertiary/aromatic N) is 1. The summed E-state index contributed by atoms with van der Waals surface area (Å²) < 4.78 is 28.1. The molecule has 0 aliphatic rings. The zero-order valence-corrected chi connectivity index (χ0v) is 28.7. The number of rotatable bonds is 11. The van der Waals surface area contributed by atoms with Crippen LogP contribution in [0.2, 0.25) is 5.02 Å². The first kappa shape index (κ1) is 34.3. The van der Waals surface area contributed by atoms with Crippen LogP contribution in [0.3, 0.4) is 0 Å². The van der Waals surface area contributed by atoms with Crippen molar-refractivity contribution in [2.24, 2.45) is 5.10 Å². The Bertz CT molecular complexity index is 1810. The predicted molar refractivity (Wildman–Crippen MR) is 180 cm³/mol. The normalized spacial score (nSPS) is 10.7. The van der Waals surface area contributed by atoms with Gasteiger partial charge in [-0.1, -0.05) is 33.6 Å². The molecule has 0 bridgehead atoms. The zero-order valence-electron chi connectivity index (χ0n) is 24.8. The topological polar surface area (TPSA) is 134 Å². The van der Waals surface area contributed by atoms with Crippen molar-refractivity contribution < 1.29 is 38.1 Å². The van der Waals surface area contributed by atoms with Gasteiger partial charge in [-0.3, -0.25) is 9.59 Å². The molecule has 0 saturated carbocycles. The molecule has 0 fully saturated rings. The van der Waals surface area contributed by atoms with Gasteiger partial charge in [0.15, 0.2) is 17.2 Å². The quantitative estimate of drug-likeness (QED) is 0.0712. The monoisotopic (exact) mass is 773 g/mol. The Hall–Kier alpha value is -4.59. The van der Waals surface area contributed by atoms with E-state index in [1.807, 2.05) is 0 Å². The molecule has 0 unspecified atom stereocenters. The number of anilines is 1. The number of methoxy groups -OCH3 is 4. The lowest BCUT2D eigenvalue weighted by molar-refractivity contribution is 0.0731. The Morgan fingerprint density at radius 2 is 1.46 bits per heavy atom. The minimum Gasteiger partial charge on any atom is -0.496 e. The average Bonchev–Trinajstić information content (AvgIpc) is 3.05. The highest BCUT2D eigenvalue weighted by Gasteiger charge is 2.21. The summed E-state index contributed by atoms with van der Waals surface area (Å²) in [5, 5.41) is 7.16. The summed E-state index contributed by atoms with van der Waals surface area (Å²) in [5.74, 6) is -0.373. The summed E-state index contributed by atoms with van der Waals surface area (Å²) in [6.07, 6.45) is 1.32. The van der Waals surface area contributed by atoms with Crippen molar-refractivity contribution in [1.29, 1.82) is 0 Å². The molecule has 46 heavy (non-hydrogen) atoms. The standard InChI is InChI=1S/C32H26Br2ClN3O8/c1-42-25-9-8-21(35)15-23(25)31(40)37-22-7-5-6-17(11-22)30(39)38-36-16-19-10-20(33)14-24(34)28(19)46-32(41)18-12-26(43-2)29(45-4)27(13-18)44-3/h5-16H,1-4H3,(H,37,40)(H,38,39). The summed E-state index contributed by atoms with van der Waals surface area (Å²) in [7, 11) is 5.77. The van der Waals surface area contributed by atoms with E-state index >= 15 is 0 Å². The summed E-state index contributed by atoms with van der Waals surface area (Å²) in [4.78, 5) is 39.0. The second-order valence-corrected chi connectivity index (χ2v) is 11.4. The third-order valence-corrected chi connectivity index (χ3v) is 7.57. The number of ether oxygens (including phenoxy) is 5. The van der Waals surface area contributed by atoms with E-state index in [-0.39, 0.29) is 33.9 Å². The molecule has 4 aromatic carbocycles. The van der Waals surface area contributed by atoms with E-state index in [4.69, 9.17) is 35.3 Å². The van der Waals surface area contributed by atoms with Crippen molar-refractivity contribution in [3.63, 3.8) is 0 Å². The number of hydrogen-bond acceptors (Lipinski definition) is 9. The zero-order chi connectivity index (χ0) is 33.4. The molecule has 0 aromatic heterocycles. The van der Waals surface area contributed by atoms with Gasteiger partial charge in [0, 0.05) is 26.3 Å². The van der Waals surface area contributed by atoms with Crippen LogP contribution < -0.4 is 34.4 Å². The van der Waals surface area contributed by atoms with Gasteiger partial charge in [-0.15, -0.1) is 0 Å². The number of carbonyl (C=O) groups is 3. The van der Waals surface area contributed by atoms with Crippen LogP contribution in [0.15, 0.2) is 80.8 Å². The van der Waals surface area contributed by atoms with Crippen molar-refractivity contribution >= 4 is 73.1 Å². The fourth-order valence-corrected chi connectivity index (χ4v) is 5.66. The van der Waals surface area contributed by atoms with Gasteiger partial charge in [-0.2, -0.15) is 5.10 Å². The summed E-state index contributed by atoms with van der Waals surface area (Å²) in [6, 6.07) is 17.2. The van der Waals surface area contributed by atoms with Gasteiger partial charge in [0.1, 0.15) is 5.75 Å². The lowest BCUT2D eigenvalue weighted by Crippen LogP contribution is -2.19.